The summed E-state index contributed by atoms with van der Waals surface area (Å²) >= 11 is 0. The number of aryl methyl sites for hydroxylation is 2. The van der Waals surface area contributed by atoms with Crippen LogP contribution in [-0.4, -0.2) is 26.4 Å². The van der Waals surface area contributed by atoms with Crippen LogP contribution < -0.4 is 5.32 Å². The van der Waals surface area contributed by atoms with Gasteiger partial charge in [-0.1, -0.05) is 25.7 Å². The normalized spacial score (nSPS) is 18.1. The van der Waals surface area contributed by atoms with E-state index in [1.165, 1.54) is 0 Å². The lowest BCUT2D eigenvalue weighted by Gasteiger charge is -2.30. The molecule has 2 rings (SSSR count). The largest absolute Gasteiger partial charge is 0.480 e. The van der Waals surface area contributed by atoms with Gasteiger partial charge in [-0.25, -0.2) is 4.79 Å². The molecule has 0 spiro atoms. The molecule has 6 heteroatoms. The first-order chi connectivity index (χ1) is 9.50. The molecule has 0 aromatic carbocycles. The zero-order chi connectivity index (χ0) is 14.8. The predicted molar refractivity (Wildman–Crippen MR) is 74.4 cm³/mol. The highest BCUT2D eigenvalue weighted by Gasteiger charge is 2.40. The second-order valence-corrected chi connectivity index (χ2v) is 5.47. The number of rotatable bonds is 3. The number of hydrogen-bond acceptors (Lipinski definition) is 4. The summed E-state index contributed by atoms with van der Waals surface area (Å²) in [5.41, 5.74) is 0.0616. The number of aliphatic carboxylic acids is 1. The molecule has 20 heavy (non-hydrogen) atoms. The topological polar surface area (TPSA) is 90.9 Å². The highest BCUT2D eigenvalue weighted by molar-refractivity contribution is 5.83. The van der Waals surface area contributed by atoms with E-state index in [1.54, 1.807) is 18.7 Å². The van der Waals surface area contributed by atoms with E-state index < -0.39 is 11.5 Å². The lowest BCUT2D eigenvalue weighted by molar-refractivity contribution is -0.142. The molecule has 1 aliphatic carbocycles. The molecular weight excluding hydrogens is 256 g/mol. The molecule has 1 fully saturated rings. The zero-order valence-electron chi connectivity index (χ0n) is 11.9. The molecule has 0 atom stereocenters. The van der Waals surface area contributed by atoms with E-state index in [0.29, 0.717) is 29.9 Å². The third kappa shape index (κ3) is 2.48. The number of nitrogens with zero attached hydrogens (tertiary/aromatic N) is 3. The molecule has 1 heterocycles. The van der Waals surface area contributed by atoms with Gasteiger partial charge in [0.05, 0.1) is 5.69 Å². The monoisotopic (exact) mass is 276 g/mol. The van der Waals surface area contributed by atoms with E-state index in [1.807, 2.05) is 0 Å². The molecule has 1 aromatic heterocycles. The van der Waals surface area contributed by atoms with Crippen LogP contribution in [-0.2, 0) is 11.8 Å². The Kier molecular flexibility index (Phi) is 3.98. The molecule has 2 N–H and O–H groups in total. The molecule has 0 radical (unpaired) electrons. The van der Waals surface area contributed by atoms with Crippen molar-refractivity contribution >= 4 is 11.8 Å². The van der Waals surface area contributed by atoms with Gasteiger partial charge in [-0.3, -0.25) is 4.68 Å². The maximum atomic E-state index is 11.8. The fraction of sp³-hybridized carbons (Fsp3) is 0.643. The van der Waals surface area contributed by atoms with E-state index in [9.17, 15) is 15.2 Å². The van der Waals surface area contributed by atoms with Crippen LogP contribution in [0.25, 0.3) is 0 Å². The van der Waals surface area contributed by atoms with Gasteiger partial charge in [0.25, 0.3) is 0 Å². The number of carboxylic acid groups (broad SMARTS) is 1. The number of nitrogens with one attached hydrogen (secondary N) is 1. The van der Waals surface area contributed by atoms with Gasteiger partial charge in [-0.05, 0) is 19.8 Å². The van der Waals surface area contributed by atoms with Gasteiger partial charge in [0.15, 0.2) is 0 Å². The average molecular weight is 276 g/mol. The second kappa shape index (κ2) is 5.53. The van der Waals surface area contributed by atoms with Crippen molar-refractivity contribution < 1.29 is 9.90 Å². The smallest absolute Gasteiger partial charge is 0.329 e. The Labute approximate surface area is 118 Å². The Bertz CT molecular complexity index is 548. The summed E-state index contributed by atoms with van der Waals surface area (Å²) in [6.07, 6.45) is 5.06. The number of nitriles is 1. The Hall–Kier alpha value is -2.03. The van der Waals surface area contributed by atoms with E-state index in [-0.39, 0.29) is 0 Å². The average Bonchev–Trinajstić information content (AvgIpc) is 2.59. The van der Waals surface area contributed by atoms with Crippen molar-refractivity contribution in [2.45, 2.75) is 51.0 Å². The van der Waals surface area contributed by atoms with Crippen LogP contribution in [0.2, 0.25) is 0 Å². The number of anilines is 1. The van der Waals surface area contributed by atoms with Gasteiger partial charge in [-0.15, -0.1) is 0 Å². The van der Waals surface area contributed by atoms with Crippen LogP contribution in [0.15, 0.2) is 0 Å². The molecule has 6 nitrogen and oxygen atoms in total. The van der Waals surface area contributed by atoms with Crippen molar-refractivity contribution in [3.05, 3.63) is 11.3 Å². The van der Waals surface area contributed by atoms with Crippen LogP contribution >= 0.6 is 0 Å². The molecule has 1 aromatic rings. The second-order valence-electron chi connectivity index (χ2n) is 5.47. The van der Waals surface area contributed by atoms with Crippen molar-refractivity contribution in [2.75, 3.05) is 5.32 Å². The summed E-state index contributed by atoms with van der Waals surface area (Å²) in [5, 5.41) is 26.2. The van der Waals surface area contributed by atoms with Crippen LogP contribution in [0.3, 0.4) is 0 Å². The summed E-state index contributed by atoms with van der Waals surface area (Å²) in [6, 6.07) is 2.11. The van der Waals surface area contributed by atoms with Crippen molar-refractivity contribution in [1.29, 1.82) is 5.26 Å². The van der Waals surface area contributed by atoms with Crippen molar-refractivity contribution in [2.24, 2.45) is 7.05 Å². The van der Waals surface area contributed by atoms with Crippen molar-refractivity contribution in [3.63, 3.8) is 0 Å². The molecule has 108 valence electrons. The summed E-state index contributed by atoms with van der Waals surface area (Å²) < 4.78 is 1.56. The highest BCUT2D eigenvalue weighted by Crippen LogP contribution is 2.32. The predicted octanol–water partition coefficient (Wildman–Crippen LogP) is 2.19. The lowest BCUT2D eigenvalue weighted by atomic mass is 9.90. The highest BCUT2D eigenvalue weighted by atomic mass is 16.4. The Morgan fingerprint density at radius 3 is 2.50 bits per heavy atom. The fourth-order valence-corrected chi connectivity index (χ4v) is 2.89. The third-order valence-corrected chi connectivity index (χ3v) is 4.06. The van der Waals surface area contributed by atoms with Gasteiger partial charge in [0, 0.05) is 7.05 Å². The minimum atomic E-state index is -0.984. The SMILES string of the molecule is Cc1nn(C)c(NC2(C(=O)O)CCCCCC2)c1C#N. The first-order valence-corrected chi connectivity index (χ1v) is 6.95. The van der Waals surface area contributed by atoms with Crippen molar-refractivity contribution in [3.8, 4) is 6.07 Å². The van der Waals surface area contributed by atoms with E-state index in [4.69, 9.17) is 0 Å². The minimum absolute atomic E-state index is 0.428. The van der Waals surface area contributed by atoms with E-state index in [2.05, 4.69) is 16.5 Å². The fourth-order valence-electron chi connectivity index (χ4n) is 2.89. The van der Waals surface area contributed by atoms with Crippen LogP contribution in [0.4, 0.5) is 5.82 Å². The standard InChI is InChI=1S/C14H20N4O2/c1-10-11(9-15)12(18(2)17-10)16-14(13(19)20)7-5-3-4-6-8-14/h16H,3-8H2,1-2H3,(H,19,20). The van der Waals surface area contributed by atoms with Gasteiger partial charge in [0.2, 0.25) is 0 Å². The summed E-state index contributed by atoms with van der Waals surface area (Å²) in [6.45, 7) is 1.75. The minimum Gasteiger partial charge on any atom is -0.480 e. The zero-order valence-corrected chi connectivity index (χ0v) is 11.9. The Morgan fingerprint density at radius 1 is 1.40 bits per heavy atom. The van der Waals surface area contributed by atoms with Gasteiger partial charge in [-0.2, -0.15) is 10.4 Å². The van der Waals surface area contributed by atoms with Crippen molar-refractivity contribution in [1.82, 2.24) is 9.78 Å². The number of aromatic nitrogens is 2. The van der Waals surface area contributed by atoms with Crippen LogP contribution in [0.1, 0.15) is 49.8 Å². The molecule has 0 aliphatic heterocycles. The molecule has 0 saturated heterocycles. The van der Waals surface area contributed by atoms with Gasteiger partial charge < -0.3 is 10.4 Å². The maximum Gasteiger partial charge on any atom is 0.329 e. The van der Waals surface area contributed by atoms with Gasteiger partial charge >= 0.3 is 5.97 Å². The summed E-state index contributed by atoms with van der Waals surface area (Å²) in [4.78, 5) is 11.8. The molecule has 1 saturated carbocycles. The first kappa shape index (κ1) is 14.4. The van der Waals surface area contributed by atoms with Crippen LogP contribution in [0, 0.1) is 18.3 Å². The quantitative estimate of drug-likeness (QED) is 0.826. The van der Waals surface area contributed by atoms with Crippen LogP contribution in [0.5, 0.6) is 0 Å². The molecule has 0 bridgehead atoms. The molecular formula is C14H20N4O2. The summed E-state index contributed by atoms with van der Waals surface area (Å²) in [5.74, 6) is -0.337. The van der Waals surface area contributed by atoms with E-state index >= 15 is 0 Å². The molecule has 1 aliphatic rings. The maximum absolute atomic E-state index is 11.8. The van der Waals surface area contributed by atoms with Gasteiger partial charge in [0.1, 0.15) is 23.0 Å². The lowest BCUT2D eigenvalue weighted by Crippen LogP contribution is -2.46. The Balaban J connectivity index is 2.38. The first-order valence-electron chi connectivity index (χ1n) is 6.95. The summed E-state index contributed by atoms with van der Waals surface area (Å²) in [7, 11) is 1.72. The molecule has 0 unspecified atom stereocenters. The molecule has 0 amide bonds. The number of carboxylic acids is 1. The number of hydrogen-bond donors (Lipinski definition) is 2. The Morgan fingerprint density at radius 2 is 2.00 bits per heavy atom. The number of carbonyl (C=O) groups is 1. The van der Waals surface area contributed by atoms with E-state index in [0.717, 1.165) is 25.7 Å². The third-order valence-electron chi connectivity index (χ3n) is 4.06.